The summed E-state index contributed by atoms with van der Waals surface area (Å²) in [7, 11) is 0.0335. The van der Waals surface area contributed by atoms with Gasteiger partial charge in [-0.2, -0.15) is 0 Å². The number of ether oxygens (including phenoxy) is 2. The Hall–Kier alpha value is -0.343. The van der Waals surface area contributed by atoms with Crippen LogP contribution in [0.3, 0.4) is 0 Å². The summed E-state index contributed by atoms with van der Waals surface area (Å²) in [5.41, 5.74) is 0. The first-order valence-corrected chi connectivity index (χ1v) is 9.88. The molecule has 0 aliphatic carbocycles. The Morgan fingerprint density at radius 2 is 1.79 bits per heavy atom. The molecule has 1 aliphatic heterocycles. The van der Waals surface area contributed by atoms with Gasteiger partial charge in [0.25, 0.3) is 0 Å². The zero-order chi connectivity index (χ0) is 14.5. The summed E-state index contributed by atoms with van der Waals surface area (Å²) in [5, 5.41) is 0. The molecule has 1 fully saturated rings. The van der Waals surface area contributed by atoms with E-state index in [2.05, 4.69) is 33.6 Å². The first-order valence-electron chi connectivity index (χ1n) is 7.35. The van der Waals surface area contributed by atoms with Crippen LogP contribution in [0.15, 0.2) is 0 Å². The van der Waals surface area contributed by atoms with Crippen molar-refractivity contribution in [1.82, 2.24) is 0 Å². The first-order chi connectivity index (χ1) is 9.07. The highest BCUT2D eigenvalue weighted by molar-refractivity contribution is 6.73. The van der Waals surface area contributed by atoms with Gasteiger partial charge in [-0.15, -0.1) is 6.42 Å². The van der Waals surface area contributed by atoms with Gasteiger partial charge in [-0.3, -0.25) is 0 Å². The van der Waals surface area contributed by atoms with Gasteiger partial charge in [0.1, 0.15) is 12.2 Å². The van der Waals surface area contributed by atoms with Crippen LogP contribution in [0.25, 0.3) is 0 Å². The van der Waals surface area contributed by atoms with E-state index in [4.69, 9.17) is 20.3 Å². The van der Waals surface area contributed by atoms with Gasteiger partial charge in [-0.05, 0) is 18.1 Å². The molecule has 1 saturated heterocycles. The van der Waals surface area contributed by atoms with Crippen molar-refractivity contribution in [2.45, 2.75) is 64.1 Å². The molecule has 0 aromatic rings. The maximum absolute atomic E-state index is 6.55. The third-order valence-electron chi connectivity index (χ3n) is 4.48. The van der Waals surface area contributed by atoms with Crippen molar-refractivity contribution in [2.24, 2.45) is 5.92 Å². The second-order valence-electron chi connectivity index (χ2n) is 5.42. The van der Waals surface area contributed by atoms with E-state index in [0.717, 1.165) is 18.1 Å². The van der Waals surface area contributed by atoms with E-state index >= 15 is 0 Å². The van der Waals surface area contributed by atoms with Crippen molar-refractivity contribution in [3.8, 4) is 12.3 Å². The highest BCUT2D eigenvalue weighted by atomic mass is 28.4. The molecular formula is C15H28O3Si. The molecule has 1 rings (SSSR count). The van der Waals surface area contributed by atoms with Crippen LogP contribution in [-0.2, 0) is 13.9 Å². The highest BCUT2D eigenvalue weighted by Gasteiger charge is 2.43. The van der Waals surface area contributed by atoms with Crippen LogP contribution >= 0.6 is 0 Å². The average molecular weight is 284 g/mol. The molecule has 4 atom stereocenters. The molecule has 1 aliphatic rings. The zero-order valence-corrected chi connectivity index (χ0v) is 13.9. The van der Waals surface area contributed by atoms with Crippen molar-refractivity contribution in [1.29, 1.82) is 0 Å². The molecule has 3 nitrogen and oxygen atoms in total. The smallest absolute Gasteiger partial charge is 0.192 e. The zero-order valence-electron chi connectivity index (χ0n) is 12.9. The Bertz CT molecular complexity index is 301. The second kappa shape index (κ2) is 7.44. The molecule has 0 amide bonds. The Balaban J connectivity index is 2.93. The summed E-state index contributed by atoms with van der Waals surface area (Å²) >= 11 is 0. The number of rotatable bonds is 6. The van der Waals surface area contributed by atoms with Crippen LogP contribution in [-0.4, -0.2) is 40.3 Å². The van der Waals surface area contributed by atoms with Gasteiger partial charge in [0.2, 0.25) is 0 Å². The lowest BCUT2D eigenvalue weighted by Crippen LogP contribution is -2.55. The van der Waals surface area contributed by atoms with Crippen molar-refractivity contribution in [3.05, 3.63) is 0 Å². The van der Waals surface area contributed by atoms with E-state index in [1.807, 2.05) is 0 Å². The predicted molar refractivity (Wildman–Crippen MR) is 80.6 cm³/mol. The van der Waals surface area contributed by atoms with Crippen molar-refractivity contribution >= 4 is 8.32 Å². The maximum Gasteiger partial charge on any atom is 0.192 e. The minimum atomic E-state index is -1.71. The molecular weight excluding hydrogens is 256 g/mol. The lowest BCUT2D eigenvalue weighted by Gasteiger charge is -2.43. The monoisotopic (exact) mass is 284 g/mol. The fourth-order valence-electron chi connectivity index (χ4n) is 2.87. The molecule has 110 valence electrons. The van der Waals surface area contributed by atoms with E-state index < -0.39 is 8.32 Å². The third-order valence-corrected chi connectivity index (χ3v) is 9.12. The van der Waals surface area contributed by atoms with Gasteiger partial charge in [-0.1, -0.05) is 33.6 Å². The topological polar surface area (TPSA) is 27.7 Å². The average Bonchev–Trinajstić information content (AvgIpc) is 2.45. The van der Waals surface area contributed by atoms with Gasteiger partial charge in [0.05, 0.1) is 12.7 Å². The first kappa shape index (κ1) is 16.7. The van der Waals surface area contributed by atoms with E-state index in [9.17, 15) is 0 Å². The number of hydrogen-bond acceptors (Lipinski definition) is 3. The second-order valence-corrected chi connectivity index (χ2v) is 10.1. The number of hydrogen-bond donors (Lipinski definition) is 0. The number of terminal acetylenes is 1. The molecule has 1 heterocycles. The summed E-state index contributed by atoms with van der Waals surface area (Å²) in [6.07, 6.45) is 5.24. The fraction of sp³-hybridized carbons (Fsp3) is 0.867. The summed E-state index contributed by atoms with van der Waals surface area (Å²) < 4.78 is 17.9. The SMILES string of the molecule is C#C[C@@H]1OC[C@H](C)[C@H](OC)[C@H]1O[Si](CC)(CC)CC. The quantitative estimate of drug-likeness (QED) is 0.554. The molecule has 0 bridgehead atoms. The Kier molecular flexibility index (Phi) is 6.55. The highest BCUT2D eigenvalue weighted by Crippen LogP contribution is 2.31. The minimum absolute atomic E-state index is 0.0336. The number of methoxy groups -OCH3 is 1. The predicted octanol–water partition coefficient (Wildman–Crippen LogP) is 3.06. The Labute approximate surface area is 119 Å². The van der Waals surface area contributed by atoms with Gasteiger partial charge < -0.3 is 13.9 Å². The van der Waals surface area contributed by atoms with Gasteiger partial charge in [0, 0.05) is 13.0 Å². The lowest BCUT2D eigenvalue weighted by atomic mass is 9.94. The van der Waals surface area contributed by atoms with Crippen LogP contribution in [0.4, 0.5) is 0 Å². The van der Waals surface area contributed by atoms with Gasteiger partial charge in [0.15, 0.2) is 8.32 Å². The Morgan fingerprint density at radius 3 is 2.21 bits per heavy atom. The van der Waals surface area contributed by atoms with Crippen LogP contribution in [0.1, 0.15) is 27.7 Å². The molecule has 0 saturated carbocycles. The molecule has 4 heteroatoms. The van der Waals surface area contributed by atoms with Crippen LogP contribution in [0.2, 0.25) is 18.1 Å². The molecule has 0 aromatic carbocycles. The van der Waals surface area contributed by atoms with Crippen molar-refractivity contribution in [2.75, 3.05) is 13.7 Å². The van der Waals surface area contributed by atoms with Gasteiger partial charge in [-0.25, -0.2) is 0 Å². The van der Waals surface area contributed by atoms with Gasteiger partial charge >= 0.3 is 0 Å². The summed E-state index contributed by atoms with van der Waals surface area (Å²) in [5.74, 6) is 3.05. The van der Waals surface area contributed by atoms with E-state index in [0.29, 0.717) is 12.5 Å². The molecule has 0 N–H and O–H groups in total. The van der Waals surface area contributed by atoms with Crippen LogP contribution in [0, 0.1) is 18.3 Å². The van der Waals surface area contributed by atoms with E-state index in [1.165, 1.54) is 0 Å². The maximum atomic E-state index is 6.55. The summed E-state index contributed by atoms with van der Waals surface area (Å²) in [6, 6.07) is 3.33. The third kappa shape index (κ3) is 3.60. The largest absolute Gasteiger partial charge is 0.408 e. The van der Waals surface area contributed by atoms with Crippen molar-refractivity contribution < 1.29 is 13.9 Å². The van der Waals surface area contributed by atoms with Crippen LogP contribution < -0.4 is 0 Å². The van der Waals surface area contributed by atoms with E-state index in [1.54, 1.807) is 7.11 Å². The minimum Gasteiger partial charge on any atom is -0.408 e. The standard InChI is InChI=1S/C15H28O3Si/c1-7-13-15(14(16-6)12(5)11-17-13)18-19(8-2,9-3)10-4/h1,12-15H,8-11H2,2-6H3/t12-,13-,14-,15-/m0/s1. The Morgan fingerprint density at radius 1 is 1.21 bits per heavy atom. The lowest BCUT2D eigenvalue weighted by molar-refractivity contribution is -0.146. The van der Waals surface area contributed by atoms with Crippen LogP contribution in [0.5, 0.6) is 0 Å². The van der Waals surface area contributed by atoms with Crippen molar-refractivity contribution in [3.63, 3.8) is 0 Å². The normalized spacial score (nSPS) is 32.0. The fourth-order valence-corrected chi connectivity index (χ4v) is 5.70. The molecule has 0 radical (unpaired) electrons. The van der Waals surface area contributed by atoms with E-state index in [-0.39, 0.29) is 18.3 Å². The summed E-state index contributed by atoms with van der Waals surface area (Å²) in [6.45, 7) is 9.44. The molecule has 0 spiro atoms. The molecule has 0 unspecified atom stereocenters. The summed E-state index contributed by atoms with van der Waals surface area (Å²) in [4.78, 5) is 0. The molecule has 0 aromatic heterocycles. The molecule has 19 heavy (non-hydrogen) atoms.